The highest BCUT2D eigenvalue weighted by Crippen LogP contribution is 2.43. The Kier molecular flexibility index (Phi) is 14.0. The molecule has 18 heteroatoms. The van der Waals surface area contributed by atoms with Crippen molar-refractivity contribution in [2.45, 2.75) is 81.0 Å². The van der Waals surface area contributed by atoms with Crippen molar-refractivity contribution in [2.24, 2.45) is 5.92 Å². The van der Waals surface area contributed by atoms with Crippen LogP contribution < -0.4 is 24.8 Å². The number of halogens is 2. The number of carboxylic acids is 1. The van der Waals surface area contributed by atoms with Crippen molar-refractivity contribution in [1.29, 1.82) is 5.26 Å². The minimum absolute atomic E-state index is 0.0862. The Morgan fingerprint density at radius 3 is 2.26 bits per heavy atom. The maximum Gasteiger partial charge on any atom is 0.326 e. The van der Waals surface area contributed by atoms with Gasteiger partial charge in [-0.15, -0.1) is 0 Å². The number of aryl methyl sites for hydroxylation is 1. The summed E-state index contributed by atoms with van der Waals surface area (Å²) in [5.74, 6) is -1.08. The minimum Gasteiger partial charge on any atom is -0.489 e. The van der Waals surface area contributed by atoms with Crippen LogP contribution in [0.25, 0.3) is 11.1 Å². The van der Waals surface area contributed by atoms with Crippen LogP contribution in [0.15, 0.2) is 107 Å². The number of sulfonamides is 1. The number of nitriles is 1. The second-order valence-electron chi connectivity index (χ2n) is 17.2. The highest BCUT2D eigenvalue weighted by atomic mass is 35.5. The van der Waals surface area contributed by atoms with Gasteiger partial charge in [-0.1, -0.05) is 102 Å². The molecule has 9 rings (SSSR count). The molecule has 3 unspecified atom stereocenters. The van der Waals surface area contributed by atoms with E-state index in [-0.39, 0.29) is 59.5 Å². The summed E-state index contributed by atoms with van der Waals surface area (Å²) in [5, 5.41) is 26.0. The number of benzene rings is 5. The third kappa shape index (κ3) is 10.6. The molecule has 1 fully saturated rings. The molecule has 3 atom stereocenters. The zero-order valence-corrected chi connectivity index (χ0v) is 40.3. The molecule has 354 valence electrons. The van der Waals surface area contributed by atoms with Crippen LogP contribution in [-0.2, 0) is 50.4 Å². The number of hydrogen-bond donors (Lipinski definition) is 3. The molecule has 0 spiro atoms. The van der Waals surface area contributed by atoms with Crippen LogP contribution >= 0.6 is 34.5 Å². The summed E-state index contributed by atoms with van der Waals surface area (Å²) >= 11 is 13.0. The summed E-state index contributed by atoms with van der Waals surface area (Å²) in [6.45, 7) is 1.71. The second-order valence-corrected chi connectivity index (χ2v) is 21.1. The fourth-order valence-corrected chi connectivity index (χ4v) is 12.2. The first kappa shape index (κ1) is 47.6. The minimum atomic E-state index is -4.50. The lowest BCUT2D eigenvalue weighted by molar-refractivity contribution is -0.142. The molecule has 3 aliphatic rings. The predicted octanol–water partition coefficient (Wildman–Crippen LogP) is 9.44. The summed E-state index contributed by atoms with van der Waals surface area (Å²) in [6.07, 6.45) is 2.66. The van der Waals surface area contributed by atoms with Crippen molar-refractivity contribution >= 4 is 67.5 Å². The molecule has 0 bridgehead atoms. The summed E-state index contributed by atoms with van der Waals surface area (Å²) in [5.41, 5.74) is 5.88. The summed E-state index contributed by atoms with van der Waals surface area (Å²) < 4.78 is 49.4. The van der Waals surface area contributed by atoms with Crippen LogP contribution in [0, 0.1) is 24.2 Å². The maximum absolute atomic E-state index is 14.9. The highest BCUT2D eigenvalue weighted by Gasteiger charge is 2.43. The van der Waals surface area contributed by atoms with Gasteiger partial charge in [0.05, 0.1) is 27.4 Å². The third-order valence-electron chi connectivity index (χ3n) is 12.6. The lowest BCUT2D eigenvalue weighted by Crippen LogP contribution is -2.55. The lowest BCUT2D eigenvalue weighted by Gasteiger charge is -2.36. The number of aromatic nitrogens is 1. The van der Waals surface area contributed by atoms with Gasteiger partial charge in [0, 0.05) is 18.9 Å². The Labute approximate surface area is 412 Å². The van der Waals surface area contributed by atoms with Crippen LogP contribution in [0.5, 0.6) is 17.2 Å². The number of anilines is 1. The van der Waals surface area contributed by atoms with Gasteiger partial charge in [0.15, 0.2) is 26.9 Å². The Morgan fingerprint density at radius 2 is 1.58 bits per heavy atom. The zero-order chi connectivity index (χ0) is 48.4. The Balaban J connectivity index is 0.956. The molecule has 0 radical (unpaired) electrons. The van der Waals surface area contributed by atoms with E-state index in [1.165, 1.54) is 6.92 Å². The summed E-state index contributed by atoms with van der Waals surface area (Å²) in [4.78, 5) is 44.7. The van der Waals surface area contributed by atoms with Crippen LogP contribution in [0.4, 0.5) is 5.13 Å². The number of rotatable bonds is 14. The van der Waals surface area contributed by atoms with E-state index in [1.807, 2.05) is 54.6 Å². The molecule has 1 aliphatic carbocycles. The van der Waals surface area contributed by atoms with Gasteiger partial charge in [-0.25, -0.2) is 18.2 Å². The lowest BCUT2D eigenvalue weighted by atomic mass is 9.94. The number of ether oxygens (including phenoxy) is 3. The third-order valence-corrected chi connectivity index (χ3v) is 16.8. The Bertz CT molecular complexity index is 3080. The molecule has 14 nitrogen and oxygen atoms in total. The van der Waals surface area contributed by atoms with E-state index in [0.717, 1.165) is 63.6 Å². The molecule has 0 saturated heterocycles. The summed E-state index contributed by atoms with van der Waals surface area (Å²) in [7, 11) is -4.50. The van der Waals surface area contributed by atoms with Gasteiger partial charge >= 0.3 is 5.97 Å². The highest BCUT2D eigenvalue weighted by molar-refractivity contribution is 7.91. The molecule has 2 aliphatic heterocycles. The topological polar surface area (TPSA) is 197 Å². The number of hydrogen-bond acceptors (Lipinski definition) is 11. The SMILES string of the molecule is Cc1nc(NC(=O)C2CCCC2)sc1S(=O)(=O)N1Cc2cc3c(cc2CC1C(=O)NC(Cc1ccc(-c2ccc(C#N)cc2)cc1)C(=O)O)OCC(c1ccc(OCc2ccc(Cl)c(Cl)c2)cc1)O3. The fourth-order valence-electron chi connectivity index (χ4n) is 8.79. The normalized spacial score (nSPS) is 17.3. The molecule has 3 heterocycles. The average molecular weight is 1010 g/mol. The number of nitrogens with one attached hydrogen (secondary N) is 2. The Morgan fingerprint density at radius 1 is 0.899 bits per heavy atom. The first-order chi connectivity index (χ1) is 33.2. The quantitative estimate of drug-likeness (QED) is 0.0940. The molecule has 69 heavy (non-hydrogen) atoms. The van der Waals surface area contributed by atoms with Crippen molar-refractivity contribution in [3.05, 3.63) is 152 Å². The second kappa shape index (κ2) is 20.2. The molecule has 1 aromatic heterocycles. The van der Waals surface area contributed by atoms with Gasteiger partial charge in [-0.05, 0) is 114 Å². The van der Waals surface area contributed by atoms with Crippen LogP contribution in [0.2, 0.25) is 10.0 Å². The van der Waals surface area contributed by atoms with Crippen LogP contribution in [-0.4, -0.2) is 59.3 Å². The van der Waals surface area contributed by atoms with E-state index in [0.29, 0.717) is 49.5 Å². The maximum atomic E-state index is 14.9. The van der Waals surface area contributed by atoms with E-state index in [4.69, 9.17) is 42.7 Å². The molecule has 6 aromatic rings. The van der Waals surface area contributed by atoms with Crippen molar-refractivity contribution < 1.29 is 42.1 Å². The van der Waals surface area contributed by atoms with Crippen molar-refractivity contribution in [2.75, 3.05) is 11.9 Å². The number of fused-ring (bicyclic) bond motifs is 2. The number of amides is 2. The van der Waals surface area contributed by atoms with Crippen LogP contribution in [0.1, 0.15) is 70.9 Å². The summed E-state index contributed by atoms with van der Waals surface area (Å²) in [6, 6.07) is 29.7. The molecule has 5 aromatic carbocycles. The molecular weight excluding hydrogens is 962 g/mol. The first-order valence-corrected chi connectivity index (χ1v) is 25.3. The van der Waals surface area contributed by atoms with Crippen molar-refractivity contribution in [3.63, 3.8) is 0 Å². The van der Waals surface area contributed by atoms with Gasteiger partial charge in [0.25, 0.3) is 10.0 Å². The molecule has 3 N–H and O–H groups in total. The number of nitrogens with zero attached hydrogens (tertiary/aromatic N) is 3. The number of aliphatic carboxylic acids is 1. The van der Waals surface area contributed by atoms with Gasteiger partial charge in [-0.2, -0.15) is 9.57 Å². The van der Waals surface area contributed by atoms with E-state index < -0.39 is 40.1 Å². The predicted molar refractivity (Wildman–Crippen MR) is 260 cm³/mol. The molecular formula is C51H45Cl2N5O9S2. The largest absolute Gasteiger partial charge is 0.489 e. The number of thiazole rings is 1. The fraction of sp³-hybridized carbons (Fsp3) is 0.275. The number of carbonyl (C=O) groups excluding carboxylic acids is 2. The Hall–Kier alpha value is -6.48. The molecule has 1 saturated carbocycles. The van der Waals surface area contributed by atoms with Gasteiger partial charge < -0.3 is 30.0 Å². The van der Waals surface area contributed by atoms with E-state index in [9.17, 15) is 27.9 Å². The van der Waals surface area contributed by atoms with Crippen molar-refractivity contribution in [1.82, 2.24) is 14.6 Å². The first-order valence-electron chi connectivity index (χ1n) is 22.3. The standard InChI is InChI=1S/C51H45Cl2N5O9S2/c1-29-50(68-51(55-29)57-47(59)36-4-2-3-5-36)69(63,64)58-26-38-24-45-44(66-28-46(67-45)35-15-17-39(18-16-35)65-27-32-10-19-40(52)41(53)20-32)23-37(38)22-43(58)48(60)56-42(49(61)62)21-30-6-11-33(12-7-30)34-13-8-31(25-54)9-14-34/h6-20,23-24,36,42-43,46H,2-5,21-22,26-28H2,1H3,(H,56,60)(H,61,62)(H,55,57,59). The van der Waals surface area contributed by atoms with Gasteiger partial charge in [0.2, 0.25) is 11.8 Å². The van der Waals surface area contributed by atoms with Gasteiger partial charge in [0.1, 0.15) is 31.0 Å². The van der Waals surface area contributed by atoms with Gasteiger partial charge in [-0.3, -0.25) is 9.59 Å². The molecule has 2 amide bonds. The smallest absolute Gasteiger partial charge is 0.326 e. The van der Waals surface area contributed by atoms with Crippen molar-refractivity contribution in [3.8, 4) is 34.4 Å². The van der Waals surface area contributed by atoms with Crippen LogP contribution in [0.3, 0.4) is 0 Å². The van der Waals surface area contributed by atoms with E-state index >= 15 is 0 Å². The average Bonchev–Trinajstić information content (AvgIpc) is 4.04. The van der Waals surface area contributed by atoms with E-state index in [1.54, 1.807) is 48.5 Å². The zero-order valence-electron chi connectivity index (χ0n) is 37.1. The number of carboxylic acid groups (broad SMARTS) is 1. The van der Waals surface area contributed by atoms with E-state index in [2.05, 4.69) is 21.7 Å². The monoisotopic (exact) mass is 1010 g/mol. The number of carbonyl (C=O) groups is 3.